The molecule has 140 valence electrons. The minimum atomic E-state index is -0.485. The first-order chi connectivity index (χ1) is 12.6. The molecule has 2 aromatic rings. The van der Waals surface area contributed by atoms with Gasteiger partial charge in [-0.3, -0.25) is 4.79 Å². The van der Waals surface area contributed by atoms with Crippen LogP contribution in [0.2, 0.25) is 0 Å². The lowest BCUT2D eigenvalue weighted by atomic mass is 9.91. The Labute approximate surface area is 152 Å². The Morgan fingerprint density at radius 2 is 2.08 bits per heavy atom. The molecule has 1 atom stereocenters. The van der Waals surface area contributed by atoms with E-state index in [1.54, 1.807) is 6.20 Å². The molecule has 3 rings (SSSR count). The molecule has 1 aliphatic rings. The quantitative estimate of drug-likeness (QED) is 0.789. The summed E-state index contributed by atoms with van der Waals surface area (Å²) in [4.78, 5) is 18.7. The van der Waals surface area contributed by atoms with Gasteiger partial charge in [-0.15, -0.1) is 0 Å². The summed E-state index contributed by atoms with van der Waals surface area (Å²) >= 11 is 0. The summed E-state index contributed by atoms with van der Waals surface area (Å²) in [6.07, 6.45) is 7.32. The number of amides is 1. The molecule has 0 radical (unpaired) electrons. The zero-order chi connectivity index (χ0) is 18.5. The van der Waals surface area contributed by atoms with E-state index in [-0.39, 0.29) is 17.4 Å². The van der Waals surface area contributed by atoms with Gasteiger partial charge in [-0.2, -0.15) is 0 Å². The molecule has 1 aromatic carbocycles. The van der Waals surface area contributed by atoms with Crippen LogP contribution in [0.25, 0.3) is 0 Å². The lowest BCUT2D eigenvalue weighted by Crippen LogP contribution is -2.41. The number of rotatable bonds is 6. The number of hydrogen-bond donors (Lipinski definition) is 0. The van der Waals surface area contributed by atoms with Crippen LogP contribution in [0.3, 0.4) is 0 Å². The average molecular weight is 361 g/mol. The van der Waals surface area contributed by atoms with Gasteiger partial charge >= 0.3 is 0 Å². The van der Waals surface area contributed by atoms with Crippen LogP contribution in [0.4, 0.5) is 8.78 Å². The average Bonchev–Trinajstić information content (AvgIpc) is 3.08. The maximum atomic E-state index is 13.8. The molecular weight excluding hydrogens is 336 g/mol. The fourth-order valence-corrected chi connectivity index (χ4v) is 3.69. The van der Waals surface area contributed by atoms with Crippen LogP contribution in [0.5, 0.6) is 0 Å². The molecule has 0 unspecified atom stereocenters. The summed E-state index contributed by atoms with van der Waals surface area (Å²) in [5, 5.41) is 0. The van der Waals surface area contributed by atoms with Gasteiger partial charge in [0.2, 0.25) is 5.91 Å². The molecule has 0 spiro atoms. The van der Waals surface area contributed by atoms with Crippen LogP contribution < -0.4 is 0 Å². The third-order valence-electron chi connectivity index (χ3n) is 5.16. The van der Waals surface area contributed by atoms with Crippen LogP contribution >= 0.6 is 0 Å². The molecule has 4 nitrogen and oxygen atoms in total. The largest absolute Gasteiger partial charge is 0.341 e. The van der Waals surface area contributed by atoms with Crippen LogP contribution in [0.1, 0.15) is 37.6 Å². The molecule has 1 amide bonds. The number of nitrogens with zero attached hydrogens (tertiary/aromatic N) is 3. The van der Waals surface area contributed by atoms with Crippen molar-refractivity contribution in [1.29, 1.82) is 0 Å². The molecule has 0 aliphatic carbocycles. The minimum Gasteiger partial charge on any atom is -0.341 e. The van der Waals surface area contributed by atoms with Crippen molar-refractivity contribution < 1.29 is 13.6 Å². The Morgan fingerprint density at radius 3 is 2.81 bits per heavy atom. The van der Waals surface area contributed by atoms with Crippen molar-refractivity contribution in [3.63, 3.8) is 0 Å². The zero-order valence-electron chi connectivity index (χ0n) is 15.1. The number of halogens is 2. The van der Waals surface area contributed by atoms with Gasteiger partial charge in [0.25, 0.3) is 0 Å². The van der Waals surface area contributed by atoms with Gasteiger partial charge in [0.15, 0.2) is 0 Å². The Hall–Kier alpha value is -2.24. The summed E-state index contributed by atoms with van der Waals surface area (Å²) in [5.41, 5.74) is 0.155. The van der Waals surface area contributed by atoms with E-state index in [2.05, 4.69) is 4.98 Å². The molecule has 26 heavy (non-hydrogen) atoms. The van der Waals surface area contributed by atoms with Crippen molar-refractivity contribution in [2.45, 2.75) is 45.6 Å². The molecule has 1 saturated heterocycles. The summed E-state index contributed by atoms with van der Waals surface area (Å²) in [5.74, 6) is 0.295. The van der Waals surface area contributed by atoms with Gasteiger partial charge in [-0.05, 0) is 43.7 Å². The number of aromatic nitrogens is 2. The smallest absolute Gasteiger partial charge is 0.242 e. The number of benzene rings is 1. The van der Waals surface area contributed by atoms with Crippen molar-refractivity contribution in [1.82, 2.24) is 14.5 Å². The molecule has 0 N–H and O–H groups in total. The molecule has 0 bridgehead atoms. The Bertz CT molecular complexity index is 739. The Kier molecular flexibility index (Phi) is 6.01. The van der Waals surface area contributed by atoms with Crippen LogP contribution in [-0.2, 0) is 24.2 Å². The zero-order valence-corrected chi connectivity index (χ0v) is 15.1. The van der Waals surface area contributed by atoms with Crippen molar-refractivity contribution in [2.75, 3.05) is 13.1 Å². The third kappa shape index (κ3) is 4.29. The van der Waals surface area contributed by atoms with Crippen molar-refractivity contribution in [3.8, 4) is 0 Å². The predicted molar refractivity (Wildman–Crippen MR) is 95.6 cm³/mol. The molecular formula is C20H25F2N3O. The highest BCUT2D eigenvalue weighted by Gasteiger charge is 2.24. The normalized spacial score (nSPS) is 17.5. The van der Waals surface area contributed by atoms with Crippen LogP contribution in [0, 0.1) is 17.6 Å². The lowest BCUT2D eigenvalue weighted by molar-refractivity contribution is -0.133. The second-order valence-corrected chi connectivity index (χ2v) is 6.91. The fraction of sp³-hybridized carbons (Fsp3) is 0.500. The standard InChI is InChI=1S/C20H25F2N3O/c1-2-19-23-10-12-24(19)14-20(26)25-11-4-5-15(13-25)8-9-16-17(21)6-3-7-18(16)22/h3,6-7,10,12,15H,2,4-5,8-9,11,13-14H2,1H3/t15-/m1/s1. The number of carbonyl (C=O) groups excluding carboxylic acids is 1. The molecule has 2 heterocycles. The fourth-order valence-electron chi connectivity index (χ4n) is 3.69. The summed E-state index contributed by atoms with van der Waals surface area (Å²) in [6, 6.07) is 3.98. The Morgan fingerprint density at radius 1 is 1.31 bits per heavy atom. The summed E-state index contributed by atoms with van der Waals surface area (Å²) in [6.45, 7) is 3.73. The van der Waals surface area contributed by atoms with Gasteiger partial charge in [0.1, 0.15) is 24.0 Å². The highest BCUT2D eigenvalue weighted by atomic mass is 19.1. The first-order valence-corrected chi connectivity index (χ1v) is 9.29. The maximum Gasteiger partial charge on any atom is 0.242 e. The summed E-state index contributed by atoms with van der Waals surface area (Å²) in [7, 11) is 0. The number of hydrogen-bond acceptors (Lipinski definition) is 2. The minimum absolute atomic E-state index is 0.0828. The summed E-state index contributed by atoms with van der Waals surface area (Å²) < 4.78 is 29.4. The number of likely N-dealkylation sites (tertiary alicyclic amines) is 1. The predicted octanol–water partition coefficient (Wildman–Crippen LogP) is 3.60. The number of piperidine rings is 1. The molecule has 1 fully saturated rings. The highest BCUT2D eigenvalue weighted by Crippen LogP contribution is 2.24. The van der Waals surface area contributed by atoms with E-state index in [1.165, 1.54) is 18.2 Å². The number of carbonyl (C=O) groups is 1. The maximum absolute atomic E-state index is 13.8. The Balaban J connectivity index is 1.56. The van der Waals surface area contributed by atoms with E-state index in [0.29, 0.717) is 25.9 Å². The van der Waals surface area contributed by atoms with E-state index in [4.69, 9.17) is 0 Å². The van der Waals surface area contributed by atoms with Gasteiger partial charge in [-0.25, -0.2) is 13.8 Å². The monoisotopic (exact) mass is 361 g/mol. The van der Waals surface area contributed by atoms with E-state index in [0.717, 1.165) is 31.6 Å². The second kappa shape index (κ2) is 8.43. The van der Waals surface area contributed by atoms with Crippen molar-refractivity contribution in [3.05, 3.63) is 53.6 Å². The van der Waals surface area contributed by atoms with Crippen molar-refractivity contribution >= 4 is 5.91 Å². The first kappa shape index (κ1) is 18.5. The van der Waals surface area contributed by atoms with Crippen LogP contribution in [-0.4, -0.2) is 33.4 Å². The molecule has 1 aliphatic heterocycles. The van der Waals surface area contributed by atoms with Crippen molar-refractivity contribution in [2.24, 2.45) is 5.92 Å². The third-order valence-corrected chi connectivity index (χ3v) is 5.16. The van der Waals surface area contributed by atoms with E-state index >= 15 is 0 Å². The molecule has 6 heteroatoms. The number of imidazole rings is 1. The van der Waals surface area contributed by atoms with Gasteiger partial charge in [0, 0.05) is 37.5 Å². The SMILES string of the molecule is CCc1nccn1CC(=O)N1CCC[C@H](CCc2c(F)cccc2F)C1. The second-order valence-electron chi connectivity index (χ2n) is 6.91. The molecule has 0 saturated carbocycles. The van der Waals surface area contributed by atoms with Crippen LogP contribution in [0.15, 0.2) is 30.6 Å². The van der Waals surface area contributed by atoms with Gasteiger partial charge in [-0.1, -0.05) is 13.0 Å². The van der Waals surface area contributed by atoms with Gasteiger partial charge < -0.3 is 9.47 Å². The lowest BCUT2D eigenvalue weighted by Gasteiger charge is -2.33. The number of aryl methyl sites for hydroxylation is 1. The molecule has 1 aromatic heterocycles. The first-order valence-electron chi connectivity index (χ1n) is 9.29. The van der Waals surface area contributed by atoms with E-state index in [1.807, 2.05) is 22.6 Å². The topological polar surface area (TPSA) is 38.1 Å². The van der Waals surface area contributed by atoms with E-state index < -0.39 is 11.6 Å². The van der Waals surface area contributed by atoms with E-state index in [9.17, 15) is 13.6 Å². The van der Waals surface area contributed by atoms with Gasteiger partial charge in [0.05, 0.1) is 0 Å². The highest BCUT2D eigenvalue weighted by molar-refractivity contribution is 5.76.